The first-order chi connectivity index (χ1) is 36.1. The minimum Gasteiger partial charge on any atom is -0.480 e. The fraction of sp³-hybridized carbons (Fsp3) is 0.447. The van der Waals surface area contributed by atoms with Crippen LogP contribution in [0.5, 0.6) is 0 Å². The van der Waals surface area contributed by atoms with Crippen LogP contribution in [0.4, 0.5) is 0 Å². The number of nitrogens with two attached hydrogens (primary N) is 3. The van der Waals surface area contributed by atoms with Gasteiger partial charge in [0.1, 0.15) is 48.3 Å². The first-order valence-corrected chi connectivity index (χ1v) is 26.5. The molecule has 20 N–H and O–H groups in total. The number of para-hydroxylation sites is 1. The number of aromatic amines is 1. The van der Waals surface area contributed by atoms with Crippen LogP contribution in [-0.4, -0.2) is 154 Å². The second kappa shape index (κ2) is 30.3. The summed E-state index contributed by atoms with van der Waals surface area (Å²) in [6, 6.07) is 3.64. The number of H-pyrrole nitrogens is 1. The molecule has 29 heteroatoms. The van der Waals surface area contributed by atoms with Crippen molar-refractivity contribution in [1.82, 2.24) is 58.2 Å². The minimum atomic E-state index is -1.72. The van der Waals surface area contributed by atoms with Gasteiger partial charge in [-0.15, -0.1) is 0 Å². The van der Waals surface area contributed by atoms with E-state index in [1.807, 2.05) is 0 Å². The smallest absolute Gasteiger partial charge is 0.327 e. The van der Waals surface area contributed by atoms with Crippen LogP contribution in [0.15, 0.2) is 60.8 Å². The molecule has 1 aromatic heterocycles. The predicted molar refractivity (Wildman–Crippen MR) is 284 cm³/mol. The van der Waals surface area contributed by atoms with Gasteiger partial charge in [0.05, 0.1) is 6.42 Å². The molecule has 412 valence electrons. The van der Waals surface area contributed by atoms with Crippen molar-refractivity contribution in [2.24, 2.45) is 17.2 Å². The molecule has 1 aliphatic heterocycles. The van der Waals surface area contributed by atoms with Crippen molar-refractivity contribution >= 4 is 104 Å². The summed E-state index contributed by atoms with van der Waals surface area (Å²) < 4.78 is 0. The Labute approximate surface area is 444 Å². The number of aliphatic carboxylic acids is 1. The molecule has 0 radical (unpaired) electrons. The molecule has 27 nitrogen and oxygen atoms in total. The van der Waals surface area contributed by atoms with Crippen LogP contribution in [0.2, 0.25) is 0 Å². The Hall–Kier alpha value is -8.08. The van der Waals surface area contributed by atoms with E-state index in [1.165, 1.54) is 13.8 Å². The van der Waals surface area contributed by atoms with Crippen molar-refractivity contribution in [3.8, 4) is 0 Å². The number of benzene rings is 2. The van der Waals surface area contributed by atoms with Gasteiger partial charge >= 0.3 is 5.97 Å². The summed E-state index contributed by atoms with van der Waals surface area (Å²) in [5.41, 5.74) is 18.2. The number of aromatic nitrogens is 1. The van der Waals surface area contributed by atoms with Gasteiger partial charge in [0.2, 0.25) is 53.2 Å². The molecule has 0 unspecified atom stereocenters. The van der Waals surface area contributed by atoms with Gasteiger partial charge < -0.3 is 80.5 Å². The highest BCUT2D eigenvalue weighted by atomic mass is 33.1. The molecule has 9 amide bonds. The summed E-state index contributed by atoms with van der Waals surface area (Å²) in [6.07, 6.45) is 0.767. The lowest BCUT2D eigenvalue weighted by molar-refractivity contribution is -0.141. The highest BCUT2D eigenvalue weighted by Gasteiger charge is 2.35. The normalized spacial score (nSPS) is 21.9. The lowest BCUT2D eigenvalue weighted by Gasteiger charge is -2.27. The maximum absolute atomic E-state index is 14.5. The fourth-order valence-corrected chi connectivity index (χ4v) is 9.99. The number of carbonyl (C=O) groups excluding carboxylic acids is 9. The first kappa shape index (κ1) is 60.5. The van der Waals surface area contributed by atoms with Crippen molar-refractivity contribution in [3.63, 3.8) is 0 Å². The van der Waals surface area contributed by atoms with E-state index >= 15 is 0 Å². The van der Waals surface area contributed by atoms with Gasteiger partial charge in [-0.3, -0.25) is 54.0 Å². The number of hydrogen-bond acceptors (Lipinski definition) is 14. The molecule has 0 bridgehead atoms. The number of nitrogens with one attached hydrogen (secondary N) is 13. The highest BCUT2D eigenvalue weighted by molar-refractivity contribution is 8.76. The lowest BCUT2D eigenvalue weighted by atomic mass is 10.0. The molecule has 0 spiro atoms. The van der Waals surface area contributed by atoms with E-state index in [2.05, 4.69) is 58.2 Å². The average molecular weight is 1100 g/mol. The number of carboxylic acid groups (broad SMARTS) is 1. The molecule has 8 atom stereocenters. The van der Waals surface area contributed by atoms with Crippen LogP contribution in [-0.2, 0) is 60.8 Å². The van der Waals surface area contributed by atoms with Gasteiger partial charge in [-0.25, -0.2) is 4.79 Å². The molecule has 1 fully saturated rings. The maximum atomic E-state index is 14.5. The van der Waals surface area contributed by atoms with E-state index in [9.17, 15) is 53.1 Å². The second-order valence-corrected chi connectivity index (χ2v) is 20.2. The SMILES string of the molecule is CC(=O)N[C@@H](CCCNC(=N)N)C(=O)N[C@H]1CSSC[C@@H](C(=O)O)NC(=O)[C@H](Cc2c[nH]c3ccccc23)NC(=O)[C@H](CCCNC(=N)N)NC(=O)[C@@H](Cc2ccccc2)NC(=O)[C@H](CC(N)=O)NC(=O)[C@@H](C)NC1=O. The van der Waals surface area contributed by atoms with Gasteiger partial charge in [0.15, 0.2) is 11.9 Å². The van der Waals surface area contributed by atoms with Crippen LogP contribution in [0, 0.1) is 10.8 Å². The van der Waals surface area contributed by atoms with Gasteiger partial charge in [-0.05, 0) is 49.8 Å². The molecule has 2 aromatic carbocycles. The molecule has 0 aliphatic carbocycles. The summed E-state index contributed by atoms with van der Waals surface area (Å²) in [5, 5.41) is 51.6. The number of primary amides is 1. The molecule has 3 aromatic rings. The highest BCUT2D eigenvalue weighted by Crippen LogP contribution is 2.24. The lowest BCUT2D eigenvalue weighted by Crippen LogP contribution is -2.60. The van der Waals surface area contributed by atoms with Crippen molar-refractivity contribution in [2.45, 2.75) is 107 Å². The average Bonchev–Trinajstić information content (AvgIpc) is 3.77. The molecular weight excluding hydrogens is 1030 g/mol. The third kappa shape index (κ3) is 20.3. The van der Waals surface area contributed by atoms with Crippen LogP contribution < -0.4 is 70.4 Å². The first-order valence-electron chi connectivity index (χ1n) is 24.0. The van der Waals surface area contributed by atoms with Gasteiger partial charge in [-0.1, -0.05) is 70.1 Å². The quantitative estimate of drug-likeness (QED) is 0.0257. The monoisotopic (exact) mass is 1090 g/mol. The molecule has 1 aliphatic rings. The van der Waals surface area contributed by atoms with Crippen molar-refractivity contribution in [3.05, 3.63) is 71.9 Å². The summed E-state index contributed by atoms with van der Waals surface area (Å²) in [6.45, 7) is 2.66. The largest absolute Gasteiger partial charge is 0.480 e. The summed E-state index contributed by atoms with van der Waals surface area (Å²) in [5.74, 6) is -10.9. The summed E-state index contributed by atoms with van der Waals surface area (Å²) in [4.78, 5) is 139. The second-order valence-electron chi connectivity index (χ2n) is 17.6. The third-order valence-electron chi connectivity index (χ3n) is 11.5. The Kier molecular flexibility index (Phi) is 24.1. The minimum absolute atomic E-state index is 0.0267. The zero-order valence-electron chi connectivity index (χ0n) is 41.7. The standard InChI is InChI=1S/C47H66N16O11S2/c1-24-38(66)59-34(20-37(48)65)43(71)60-32(18-26-10-4-3-5-11-26)41(69)58-31(15-9-17-54-47(51)52)40(68)61-33(19-27-21-55-29-13-7-6-12-28(27)29)42(70)63-36(45(73)74)23-76-75-22-35(44(72)56-24)62-39(67)30(57-25(2)64)14-8-16-53-46(49)50/h3-7,10-13,21,24,30-36,55H,8-9,14-20,22-23H2,1-2H3,(H2,48,65)(H,56,72)(H,57,64)(H,58,69)(H,59,66)(H,60,71)(H,61,68)(H,62,67)(H,63,70)(H,73,74)(H4,49,50,53)(H4,51,52,54)/t24-,30+,31+,32-,33+,34+,35+,36+/m1/s1. The number of hydrogen-bond donors (Lipinski definition) is 17. The Morgan fingerprint density at radius 2 is 1.26 bits per heavy atom. The fourth-order valence-electron chi connectivity index (χ4n) is 7.67. The molecular formula is C47H66N16O11S2. The number of amides is 9. The van der Waals surface area contributed by atoms with E-state index < -0.39 is 114 Å². The molecule has 2 heterocycles. The third-order valence-corrected chi connectivity index (χ3v) is 14.0. The molecule has 0 saturated carbocycles. The Morgan fingerprint density at radius 3 is 1.91 bits per heavy atom. The number of guanidine groups is 2. The maximum Gasteiger partial charge on any atom is 0.327 e. The Morgan fingerprint density at radius 1 is 0.697 bits per heavy atom. The van der Waals surface area contributed by atoms with E-state index in [0.717, 1.165) is 21.6 Å². The van der Waals surface area contributed by atoms with Crippen LogP contribution >= 0.6 is 21.6 Å². The predicted octanol–water partition coefficient (Wildman–Crippen LogP) is -3.25. The zero-order valence-corrected chi connectivity index (χ0v) is 43.4. The number of rotatable bonds is 18. The molecule has 4 rings (SSSR count). The van der Waals surface area contributed by atoms with E-state index in [1.54, 1.807) is 60.8 Å². The van der Waals surface area contributed by atoms with Crippen molar-refractivity contribution < 1.29 is 53.1 Å². The van der Waals surface area contributed by atoms with E-state index in [0.29, 0.717) is 22.0 Å². The van der Waals surface area contributed by atoms with Crippen LogP contribution in [0.25, 0.3) is 10.9 Å². The van der Waals surface area contributed by atoms with E-state index in [-0.39, 0.29) is 75.0 Å². The van der Waals surface area contributed by atoms with Gasteiger partial charge in [0, 0.05) is 61.5 Å². The van der Waals surface area contributed by atoms with Gasteiger partial charge in [0.25, 0.3) is 0 Å². The zero-order chi connectivity index (χ0) is 55.9. The number of fused-ring (bicyclic) bond motifs is 1. The molecule has 76 heavy (non-hydrogen) atoms. The van der Waals surface area contributed by atoms with E-state index in [4.69, 9.17) is 28.0 Å². The summed E-state index contributed by atoms with van der Waals surface area (Å²) in [7, 11) is 1.80. The Bertz CT molecular complexity index is 2590. The van der Waals surface area contributed by atoms with Crippen molar-refractivity contribution in [2.75, 3.05) is 24.6 Å². The van der Waals surface area contributed by atoms with Crippen molar-refractivity contribution in [1.29, 1.82) is 10.8 Å². The van der Waals surface area contributed by atoms with Gasteiger partial charge in [-0.2, -0.15) is 0 Å². The summed E-state index contributed by atoms with van der Waals surface area (Å²) >= 11 is 0. The topological polar surface area (TPSA) is 453 Å². The van der Waals surface area contributed by atoms with Crippen LogP contribution in [0.1, 0.15) is 57.1 Å². The van der Waals surface area contributed by atoms with Crippen LogP contribution in [0.3, 0.4) is 0 Å². The molecule has 1 saturated heterocycles. The number of carbonyl (C=O) groups is 10. The Balaban J connectivity index is 1.78. The number of carboxylic acids is 1.